The summed E-state index contributed by atoms with van der Waals surface area (Å²) in [6, 6.07) is 12.0. The van der Waals surface area contributed by atoms with E-state index in [0.717, 1.165) is 69.2 Å². The number of aliphatic carboxylic acids is 1. The molecule has 4 aromatic rings. The van der Waals surface area contributed by atoms with E-state index in [0.29, 0.717) is 12.2 Å². The Labute approximate surface area is 211 Å². The Kier molecular flexibility index (Phi) is 6.17. The van der Waals surface area contributed by atoms with Gasteiger partial charge in [0.15, 0.2) is 6.10 Å². The molecule has 1 aliphatic heterocycles. The fraction of sp³-hybridized carbons (Fsp3) is 0.367. The highest BCUT2D eigenvalue weighted by molar-refractivity contribution is 6.08. The number of nitrogens with zero attached hydrogens (tertiary/aromatic N) is 2. The fourth-order valence-electron chi connectivity index (χ4n) is 5.47. The number of fused-ring (bicyclic) bond motifs is 1. The van der Waals surface area contributed by atoms with Crippen molar-refractivity contribution in [2.24, 2.45) is 0 Å². The van der Waals surface area contributed by atoms with Crippen LogP contribution in [0.15, 0.2) is 42.6 Å². The Bertz CT molecular complexity index is 1480. The van der Waals surface area contributed by atoms with Crippen LogP contribution >= 0.6 is 0 Å². The average molecular weight is 485 g/mol. The lowest BCUT2D eigenvalue weighted by molar-refractivity contribution is -0.163. The first-order valence-corrected chi connectivity index (χ1v) is 12.6. The number of aryl methyl sites for hydroxylation is 2. The zero-order valence-electron chi connectivity index (χ0n) is 21.5. The van der Waals surface area contributed by atoms with Crippen LogP contribution < -0.4 is 4.74 Å². The lowest BCUT2D eigenvalue weighted by Crippen LogP contribution is -2.31. The third kappa shape index (κ3) is 4.20. The minimum absolute atomic E-state index is 0.603. The number of benzene rings is 2. The van der Waals surface area contributed by atoms with Crippen molar-refractivity contribution in [2.75, 3.05) is 6.61 Å². The second-order valence-electron chi connectivity index (χ2n) is 10.3. The van der Waals surface area contributed by atoms with Gasteiger partial charge in [-0.2, -0.15) is 0 Å². The zero-order chi connectivity index (χ0) is 25.6. The van der Waals surface area contributed by atoms with E-state index in [2.05, 4.69) is 6.92 Å². The number of hydrogen-bond donors (Lipinski definition) is 1. The monoisotopic (exact) mass is 484 g/mol. The SMILES string of the molecule is CCCC(C)(C)O[C@@H](C(=O)O)c1c(C)cc2nc(C)ccc2c1-c1ccc2c3c(ccnc13)CCO2. The number of aromatic nitrogens is 2. The molecule has 0 saturated carbocycles. The summed E-state index contributed by atoms with van der Waals surface area (Å²) in [5, 5.41) is 12.3. The largest absolute Gasteiger partial charge is 0.493 e. The first-order chi connectivity index (χ1) is 17.2. The molecule has 1 atom stereocenters. The molecule has 6 heteroatoms. The molecule has 0 fully saturated rings. The second kappa shape index (κ2) is 9.17. The number of ether oxygens (including phenoxy) is 2. The summed E-state index contributed by atoms with van der Waals surface area (Å²) in [6.07, 6.45) is 3.13. The standard InChI is InChI=1S/C30H32N2O4/c1-6-13-30(4,5)36-28(29(33)34)24-17(2)16-22-20(8-7-18(3)32-22)26(24)21-9-10-23-25-19(12-15-35-23)11-14-31-27(21)25/h7-11,14,16,28H,6,12-13,15H2,1-5H3,(H,33,34)/t28-/m1/s1. The Hall–Kier alpha value is -3.51. The topological polar surface area (TPSA) is 81.5 Å². The molecule has 36 heavy (non-hydrogen) atoms. The molecular weight excluding hydrogens is 452 g/mol. The van der Waals surface area contributed by atoms with Gasteiger partial charge in [-0.3, -0.25) is 9.97 Å². The van der Waals surface area contributed by atoms with Crippen molar-refractivity contribution >= 4 is 27.8 Å². The van der Waals surface area contributed by atoms with Crippen molar-refractivity contribution < 1.29 is 19.4 Å². The van der Waals surface area contributed by atoms with Crippen molar-refractivity contribution in [3.63, 3.8) is 0 Å². The van der Waals surface area contributed by atoms with Crippen LogP contribution in [-0.4, -0.2) is 33.3 Å². The van der Waals surface area contributed by atoms with E-state index in [1.165, 1.54) is 5.56 Å². The molecule has 6 nitrogen and oxygen atoms in total. The molecule has 5 rings (SSSR count). The van der Waals surface area contributed by atoms with Crippen molar-refractivity contribution in [3.8, 4) is 16.9 Å². The molecule has 0 bridgehead atoms. The molecule has 0 unspecified atom stereocenters. The average Bonchev–Trinajstić information content (AvgIpc) is 2.82. The van der Waals surface area contributed by atoms with Crippen molar-refractivity contribution in [3.05, 3.63) is 65.0 Å². The number of rotatable bonds is 7. The summed E-state index contributed by atoms with van der Waals surface area (Å²) >= 11 is 0. The van der Waals surface area contributed by atoms with Crippen molar-refractivity contribution in [1.29, 1.82) is 0 Å². The number of carboxylic acid groups (broad SMARTS) is 1. The van der Waals surface area contributed by atoms with Gasteiger partial charge in [-0.25, -0.2) is 4.79 Å². The van der Waals surface area contributed by atoms with E-state index in [9.17, 15) is 9.90 Å². The smallest absolute Gasteiger partial charge is 0.337 e. The summed E-state index contributed by atoms with van der Waals surface area (Å²) in [6.45, 7) is 10.5. The van der Waals surface area contributed by atoms with Crippen molar-refractivity contribution in [2.45, 2.75) is 65.6 Å². The predicted octanol–water partition coefficient (Wildman–Crippen LogP) is 6.72. The van der Waals surface area contributed by atoms with Gasteiger partial charge in [0.05, 0.1) is 23.2 Å². The Morgan fingerprint density at radius 1 is 1.19 bits per heavy atom. The lowest BCUT2D eigenvalue weighted by atomic mass is 9.86. The summed E-state index contributed by atoms with van der Waals surface area (Å²) in [4.78, 5) is 22.3. The highest BCUT2D eigenvalue weighted by atomic mass is 16.5. The van der Waals surface area contributed by atoms with Gasteiger partial charge in [-0.15, -0.1) is 0 Å². The van der Waals surface area contributed by atoms with Crippen molar-refractivity contribution in [1.82, 2.24) is 9.97 Å². The molecule has 1 aliphatic rings. The maximum Gasteiger partial charge on any atom is 0.337 e. The van der Waals surface area contributed by atoms with Gasteiger partial charge in [0.2, 0.25) is 0 Å². The van der Waals surface area contributed by atoms with Crippen LogP contribution in [-0.2, 0) is 16.0 Å². The van der Waals surface area contributed by atoms with Crippen LogP contribution in [0.5, 0.6) is 5.75 Å². The second-order valence-corrected chi connectivity index (χ2v) is 10.3. The molecule has 0 radical (unpaired) electrons. The molecule has 3 heterocycles. The van der Waals surface area contributed by atoms with Crippen LogP contribution in [0.3, 0.4) is 0 Å². The summed E-state index contributed by atoms with van der Waals surface area (Å²) in [7, 11) is 0. The first kappa shape index (κ1) is 24.2. The fourth-order valence-corrected chi connectivity index (χ4v) is 5.47. The van der Waals surface area contributed by atoms with E-state index in [4.69, 9.17) is 19.4 Å². The highest BCUT2D eigenvalue weighted by Gasteiger charge is 2.34. The van der Waals surface area contributed by atoms with Gasteiger partial charge < -0.3 is 14.6 Å². The summed E-state index contributed by atoms with van der Waals surface area (Å²) in [5.41, 5.74) is 6.24. The third-order valence-electron chi connectivity index (χ3n) is 6.99. The zero-order valence-corrected chi connectivity index (χ0v) is 21.5. The van der Waals surface area contributed by atoms with Crippen LogP contribution in [0.2, 0.25) is 0 Å². The first-order valence-electron chi connectivity index (χ1n) is 12.6. The molecule has 0 aliphatic carbocycles. The van der Waals surface area contributed by atoms with E-state index >= 15 is 0 Å². The predicted molar refractivity (Wildman–Crippen MR) is 142 cm³/mol. The maximum absolute atomic E-state index is 12.8. The Morgan fingerprint density at radius 2 is 2.00 bits per heavy atom. The van der Waals surface area contributed by atoms with Crippen LogP contribution in [0, 0.1) is 13.8 Å². The molecule has 0 saturated heterocycles. The normalized spacial score (nSPS) is 14.1. The van der Waals surface area contributed by atoms with Gasteiger partial charge in [0.1, 0.15) is 5.75 Å². The van der Waals surface area contributed by atoms with Gasteiger partial charge in [-0.1, -0.05) is 19.4 Å². The quantitative estimate of drug-likeness (QED) is 0.313. The summed E-state index contributed by atoms with van der Waals surface area (Å²) in [5.74, 6) is -0.201. The van der Waals surface area contributed by atoms with Crippen LogP contribution in [0.4, 0.5) is 0 Å². The van der Waals surface area contributed by atoms with Gasteiger partial charge in [0.25, 0.3) is 0 Å². The van der Waals surface area contributed by atoms with Gasteiger partial charge in [0, 0.05) is 40.2 Å². The number of carboxylic acids is 1. The third-order valence-corrected chi connectivity index (χ3v) is 6.99. The molecular formula is C30H32N2O4. The van der Waals surface area contributed by atoms with E-state index in [1.807, 2.05) is 70.3 Å². The molecule has 0 amide bonds. The Balaban J connectivity index is 1.86. The number of carbonyl (C=O) groups is 1. The van der Waals surface area contributed by atoms with E-state index in [1.54, 1.807) is 0 Å². The molecule has 1 N–H and O–H groups in total. The highest BCUT2D eigenvalue weighted by Crippen LogP contribution is 2.45. The molecule has 0 spiro atoms. The molecule has 2 aromatic carbocycles. The van der Waals surface area contributed by atoms with Crippen LogP contribution in [0.25, 0.3) is 32.9 Å². The van der Waals surface area contributed by atoms with Crippen LogP contribution in [0.1, 0.15) is 62.1 Å². The van der Waals surface area contributed by atoms with Gasteiger partial charge in [-0.05, 0) is 81.1 Å². The number of hydrogen-bond acceptors (Lipinski definition) is 5. The number of pyridine rings is 2. The van der Waals surface area contributed by atoms with E-state index < -0.39 is 17.7 Å². The summed E-state index contributed by atoms with van der Waals surface area (Å²) < 4.78 is 12.3. The minimum atomic E-state index is -1.14. The van der Waals surface area contributed by atoms with Gasteiger partial charge >= 0.3 is 5.97 Å². The molecule has 2 aromatic heterocycles. The Morgan fingerprint density at radius 3 is 2.75 bits per heavy atom. The maximum atomic E-state index is 12.8. The van der Waals surface area contributed by atoms with E-state index in [-0.39, 0.29) is 0 Å². The minimum Gasteiger partial charge on any atom is -0.493 e. The lowest BCUT2D eigenvalue weighted by Gasteiger charge is -2.31. The molecule has 186 valence electrons.